The molecule has 7 heteroatoms. The van der Waals surface area contributed by atoms with Crippen molar-refractivity contribution in [3.63, 3.8) is 0 Å². The van der Waals surface area contributed by atoms with Gasteiger partial charge in [-0.25, -0.2) is 0 Å². The molecule has 1 aromatic rings. The largest absolute Gasteiger partial charge is 0.463 e. The van der Waals surface area contributed by atoms with E-state index in [1.54, 1.807) is 12.1 Å². The molecule has 1 aliphatic heterocycles. The first-order valence-electron chi connectivity index (χ1n) is 8.30. The number of nitrogens with one attached hydrogen (secondary N) is 1. The lowest BCUT2D eigenvalue weighted by Crippen LogP contribution is -2.65. The van der Waals surface area contributed by atoms with Gasteiger partial charge in [0.05, 0.1) is 6.61 Å². The van der Waals surface area contributed by atoms with Crippen molar-refractivity contribution in [1.29, 1.82) is 0 Å². The van der Waals surface area contributed by atoms with Crippen LogP contribution in [0, 0.1) is 0 Å². The molecule has 0 bridgehead atoms. The van der Waals surface area contributed by atoms with Crippen LogP contribution in [0.2, 0.25) is 0 Å². The van der Waals surface area contributed by atoms with Gasteiger partial charge in [0, 0.05) is 6.92 Å². The molecule has 1 amide bonds. The van der Waals surface area contributed by atoms with E-state index in [-0.39, 0.29) is 11.3 Å². The Kier molecular flexibility index (Phi) is 6.05. The average Bonchev–Trinajstić information content (AvgIpc) is 2.53. The van der Waals surface area contributed by atoms with E-state index in [1.807, 2.05) is 12.1 Å². The van der Waals surface area contributed by atoms with E-state index in [4.69, 9.17) is 9.47 Å². The van der Waals surface area contributed by atoms with Gasteiger partial charge < -0.3 is 30.1 Å². The van der Waals surface area contributed by atoms with Crippen LogP contribution < -0.4 is 10.1 Å². The Hall–Kier alpha value is -1.67. The Labute approximate surface area is 147 Å². The van der Waals surface area contributed by atoms with E-state index in [9.17, 15) is 20.1 Å². The minimum absolute atomic E-state index is 0.000870. The highest BCUT2D eigenvalue weighted by Crippen LogP contribution is 2.27. The molecule has 7 nitrogen and oxygen atoms in total. The Bertz CT molecular complexity index is 582. The predicted octanol–water partition coefficient (Wildman–Crippen LogP) is 0.307. The quantitative estimate of drug-likeness (QED) is 0.620. The second kappa shape index (κ2) is 7.70. The van der Waals surface area contributed by atoms with E-state index < -0.39 is 37.3 Å². The first-order valence-corrected chi connectivity index (χ1v) is 8.30. The fraction of sp³-hybridized carbons (Fsp3) is 0.611. The zero-order valence-electron chi connectivity index (χ0n) is 15.0. The molecule has 5 atom stereocenters. The molecule has 1 heterocycles. The maximum atomic E-state index is 11.4. The highest BCUT2D eigenvalue weighted by atomic mass is 16.7. The summed E-state index contributed by atoms with van der Waals surface area (Å²) in [6.07, 6.45) is -4.70. The number of ether oxygens (including phenoxy) is 2. The van der Waals surface area contributed by atoms with Gasteiger partial charge in [-0.1, -0.05) is 32.9 Å². The topological polar surface area (TPSA) is 108 Å². The van der Waals surface area contributed by atoms with E-state index in [2.05, 4.69) is 26.1 Å². The minimum atomic E-state index is -1.33. The van der Waals surface area contributed by atoms with Crippen LogP contribution in [0.1, 0.15) is 33.3 Å². The van der Waals surface area contributed by atoms with Crippen LogP contribution in [-0.4, -0.2) is 58.5 Å². The van der Waals surface area contributed by atoms with Crippen molar-refractivity contribution < 1.29 is 29.6 Å². The van der Waals surface area contributed by atoms with Gasteiger partial charge in [-0.2, -0.15) is 0 Å². The fourth-order valence-corrected chi connectivity index (χ4v) is 2.74. The van der Waals surface area contributed by atoms with Gasteiger partial charge in [-0.3, -0.25) is 4.79 Å². The molecule has 0 aromatic heterocycles. The zero-order valence-corrected chi connectivity index (χ0v) is 15.0. The molecule has 0 radical (unpaired) electrons. The number of aliphatic hydroxyl groups excluding tert-OH is 3. The number of hydrogen-bond acceptors (Lipinski definition) is 6. The molecule has 2 rings (SSSR count). The predicted molar refractivity (Wildman–Crippen MR) is 91.1 cm³/mol. The molecular formula is C18H27NO6. The second-order valence-electron chi connectivity index (χ2n) is 7.33. The summed E-state index contributed by atoms with van der Waals surface area (Å²) in [5.41, 5.74) is 1.13. The lowest BCUT2D eigenvalue weighted by molar-refractivity contribution is -0.244. The Morgan fingerprint density at radius 2 is 1.80 bits per heavy atom. The monoisotopic (exact) mass is 353 g/mol. The van der Waals surface area contributed by atoms with E-state index in [1.165, 1.54) is 6.92 Å². The van der Waals surface area contributed by atoms with Crippen LogP contribution in [0.25, 0.3) is 0 Å². The van der Waals surface area contributed by atoms with Gasteiger partial charge in [0.1, 0.15) is 30.1 Å². The highest BCUT2D eigenvalue weighted by molar-refractivity contribution is 5.73. The van der Waals surface area contributed by atoms with Gasteiger partial charge >= 0.3 is 0 Å². The lowest BCUT2D eigenvalue weighted by atomic mass is 9.87. The summed E-state index contributed by atoms with van der Waals surface area (Å²) in [6, 6.07) is 6.46. The SMILES string of the molecule is CC(=O)N[C@@H]1[C@@H](Oc2ccc(C(C)(C)C)cc2)O[C@@H](CO)[C@@H](O)[C@@H]1O. The number of rotatable bonds is 4. The molecule has 1 saturated heterocycles. The second-order valence-corrected chi connectivity index (χ2v) is 7.33. The van der Waals surface area contributed by atoms with Crippen molar-refractivity contribution in [2.45, 2.75) is 63.8 Å². The first-order chi connectivity index (χ1) is 11.6. The van der Waals surface area contributed by atoms with Crippen LogP contribution in [0.3, 0.4) is 0 Å². The van der Waals surface area contributed by atoms with E-state index >= 15 is 0 Å². The van der Waals surface area contributed by atoms with Gasteiger partial charge in [-0.05, 0) is 23.1 Å². The van der Waals surface area contributed by atoms with Gasteiger partial charge in [-0.15, -0.1) is 0 Å². The van der Waals surface area contributed by atoms with Crippen molar-refractivity contribution >= 4 is 5.91 Å². The van der Waals surface area contributed by atoms with Crippen LogP contribution in [-0.2, 0) is 14.9 Å². The van der Waals surface area contributed by atoms with Crippen LogP contribution in [0.15, 0.2) is 24.3 Å². The third kappa shape index (κ3) is 4.70. The van der Waals surface area contributed by atoms with Crippen molar-refractivity contribution in [1.82, 2.24) is 5.32 Å². The number of carbonyl (C=O) groups excluding carboxylic acids is 1. The number of carbonyl (C=O) groups is 1. The summed E-state index contributed by atoms with van der Waals surface area (Å²) in [7, 11) is 0. The number of amides is 1. The Morgan fingerprint density at radius 1 is 1.20 bits per heavy atom. The number of aliphatic hydroxyl groups is 3. The molecule has 0 aliphatic carbocycles. The summed E-state index contributed by atoms with van der Waals surface area (Å²) >= 11 is 0. The summed E-state index contributed by atoms with van der Waals surface area (Å²) < 4.78 is 11.3. The maximum absolute atomic E-state index is 11.4. The molecule has 140 valence electrons. The van der Waals surface area contributed by atoms with Crippen molar-refractivity contribution in [3.05, 3.63) is 29.8 Å². The minimum Gasteiger partial charge on any atom is -0.463 e. The molecule has 1 fully saturated rings. The third-order valence-corrected chi connectivity index (χ3v) is 4.22. The van der Waals surface area contributed by atoms with Crippen LogP contribution in [0.4, 0.5) is 0 Å². The molecule has 0 spiro atoms. The maximum Gasteiger partial charge on any atom is 0.223 e. The summed E-state index contributed by atoms with van der Waals surface area (Å²) in [4.78, 5) is 11.4. The van der Waals surface area contributed by atoms with Crippen molar-refractivity contribution in [2.75, 3.05) is 6.61 Å². The molecule has 4 N–H and O–H groups in total. The van der Waals surface area contributed by atoms with E-state index in [0.717, 1.165) is 5.56 Å². The number of hydrogen-bond donors (Lipinski definition) is 4. The zero-order chi connectivity index (χ0) is 18.8. The van der Waals surface area contributed by atoms with Crippen molar-refractivity contribution in [3.8, 4) is 5.75 Å². The first kappa shape index (κ1) is 19.7. The van der Waals surface area contributed by atoms with Crippen LogP contribution in [0.5, 0.6) is 5.75 Å². The average molecular weight is 353 g/mol. The molecule has 0 unspecified atom stereocenters. The van der Waals surface area contributed by atoms with Crippen LogP contribution >= 0.6 is 0 Å². The molecule has 0 saturated carbocycles. The lowest BCUT2D eigenvalue weighted by Gasteiger charge is -2.42. The summed E-state index contributed by atoms with van der Waals surface area (Å²) in [5.74, 6) is 0.104. The van der Waals surface area contributed by atoms with Gasteiger partial charge in [0.2, 0.25) is 12.2 Å². The van der Waals surface area contributed by atoms with Crippen molar-refractivity contribution in [2.24, 2.45) is 0 Å². The van der Waals surface area contributed by atoms with Gasteiger partial charge in [0.15, 0.2) is 0 Å². The normalized spacial score (nSPS) is 30.0. The summed E-state index contributed by atoms with van der Waals surface area (Å²) in [5, 5.41) is 32.1. The standard InChI is InChI=1S/C18H27NO6/c1-10(21)19-14-16(23)15(22)13(9-20)25-17(14)24-12-7-5-11(6-8-12)18(2,3)4/h5-8,13-17,20,22-23H,9H2,1-4H3,(H,19,21)/t13-,14-,15+,16+,17-/m0/s1. The molecular weight excluding hydrogens is 326 g/mol. The smallest absolute Gasteiger partial charge is 0.223 e. The van der Waals surface area contributed by atoms with Gasteiger partial charge in [0.25, 0.3) is 0 Å². The summed E-state index contributed by atoms with van der Waals surface area (Å²) in [6.45, 7) is 7.12. The highest BCUT2D eigenvalue weighted by Gasteiger charge is 2.46. The Morgan fingerprint density at radius 3 is 2.28 bits per heavy atom. The number of benzene rings is 1. The fourth-order valence-electron chi connectivity index (χ4n) is 2.74. The third-order valence-electron chi connectivity index (χ3n) is 4.22. The molecule has 1 aliphatic rings. The Balaban J connectivity index is 2.19. The molecule has 25 heavy (non-hydrogen) atoms. The molecule has 1 aromatic carbocycles. The van der Waals surface area contributed by atoms with E-state index in [0.29, 0.717) is 5.75 Å².